The molecule has 1 amide bonds. The van der Waals surface area contributed by atoms with E-state index in [1.54, 1.807) is 0 Å². The highest BCUT2D eigenvalue weighted by Gasteiger charge is 2.14. The zero-order chi connectivity index (χ0) is 19.7. The largest absolute Gasteiger partial charge is 0.322 e. The molecule has 1 N–H and O–H groups in total. The molecule has 4 rings (SSSR count). The van der Waals surface area contributed by atoms with Crippen LogP contribution in [0.4, 0.5) is 5.69 Å². The Labute approximate surface area is 169 Å². The molecule has 0 aliphatic heterocycles. The first-order valence-electron chi connectivity index (χ1n) is 9.05. The maximum Gasteiger partial charge on any atom is 0.256 e. The summed E-state index contributed by atoms with van der Waals surface area (Å²) in [5, 5.41) is 4.50. The number of fused-ring (bicyclic) bond motifs is 1. The number of hydrogen-bond donors (Lipinski definition) is 1. The van der Waals surface area contributed by atoms with Gasteiger partial charge in [-0.05, 0) is 61.4 Å². The first kappa shape index (κ1) is 18.2. The smallest absolute Gasteiger partial charge is 0.256 e. The lowest BCUT2D eigenvalue weighted by Gasteiger charge is -2.12. The molecule has 3 aromatic carbocycles. The molecule has 0 radical (unpaired) electrons. The van der Waals surface area contributed by atoms with Gasteiger partial charge in [0.05, 0.1) is 16.8 Å². The average Bonchev–Trinajstić information content (AvgIpc) is 2.70. The fraction of sp³-hybridized carbons (Fsp3) is 0.0833. The van der Waals surface area contributed by atoms with Gasteiger partial charge in [-0.15, -0.1) is 0 Å². The number of carbonyl (C=O) groups excluding carboxylic acids is 1. The molecule has 0 atom stereocenters. The number of pyridine rings is 1. The quantitative estimate of drug-likeness (QED) is 0.441. The van der Waals surface area contributed by atoms with Gasteiger partial charge in [0.1, 0.15) is 0 Å². The first-order valence-corrected chi connectivity index (χ1v) is 9.43. The highest BCUT2D eigenvalue weighted by atomic mass is 35.5. The minimum atomic E-state index is -0.155. The van der Waals surface area contributed by atoms with Crippen molar-refractivity contribution in [2.24, 2.45) is 0 Å². The van der Waals surface area contributed by atoms with Crippen LogP contribution in [0.25, 0.3) is 22.2 Å². The lowest BCUT2D eigenvalue weighted by Crippen LogP contribution is -2.13. The van der Waals surface area contributed by atoms with Gasteiger partial charge < -0.3 is 5.32 Å². The molecule has 28 heavy (non-hydrogen) atoms. The standard InChI is InChI=1S/C24H19ClN2O/c1-15-7-12-19(13-16(15)2)26-24(28)21-14-23(17-8-10-18(25)11-9-17)27-22-6-4-3-5-20(21)22/h3-14H,1-2H3,(H,26,28). The van der Waals surface area contributed by atoms with Crippen LogP contribution >= 0.6 is 11.6 Å². The van der Waals surface area contributed by atoms with Gasteiger partial charge in [0, 0.05) is 21.7 Å². The van der Waals surface area contributed by atoms with E-state index in [4.69, 9.17) is 16.6 Å². The molecule has 0 unspecified atom stereocenters. The average molecular weight is 387 g/mol. The predicted octanol–water partition coefficient (Wildman–Crippen LogP) is 6.42. The fourth-order valence-corrected chi connectivity index (χ4v) is 3.28. The molecule has 1 aromatic heterocycles. The molecular weight excluding hydrogens is 368 g/mol. The molecular formula is C24H19ClN2O. The number of aromatic nitrogens is 1. The van der Waals surface area contributed by atoms with E-state index in [0.29, 0.717) is 10.6 Å². The van der Waals surface area contributed by atoms with Gasteiger partial charge in [-0.1, -0.05) is 48.0 Å². The minimum absolute atomic E-state index is 0.155. The van der Waals surface area contributed by atoms with Crippen LogP contribution < -0.4 is 5.32 Å². The predicted molar refractivity (Wildman–Crippen MR) is 116 cm³/mol. The minimum Gasteiger partial charge on any atom is -0.322 e. The SMILES string of the molecule is Cc1ccc(NC(=O)c2cc(-c3ccc(Cl)cc3)nc3ccccc23)cc1C. The lowest BCUT2D eigenvalue weighted by atomic mass is 10.0. The van der Waals surface area contributed by atoms with Crippen molar-refractivity contribution in [2.75, 3.05) is 5.32 Å². The molecule has 0 bridgehead atoms. The first-order chi connectivity index (χ1) is 13.5. The molecule has 4 heteroatoms. The Balaban J connectivity index is 1.79. The van der Waals surface area contributed by atoms with Crippen LogP contribution in [0.15, 0.2) is 72.8 Å². The van der Waals surface area contributed by atoms with E-state index in [1.807, 2.05) is 79.7 Å². The van der Waals surface area contributed by atoms with Gasteiger partial charge >= 0.3 is 0 Å². The van der Waals surface area contributed by atoms with Crippen LogP contribution in [-0.2, 0) is 0 Å². The number of carbonyl (C=O) groups is 1. The second-order valence-electron chi connectivity index (χ2n) is 6.83. The van der Waals surface area contributed by atoms with E-state index in [1.165, 1.54) is 5.56 Å². The number of aryl methyl sites for hydroxylation is 2. The molecule has 0 aliphatic rings. The summed E-state index contributed by atoms with van der Waals surface area (Å²) < 4.78 is 0. The summed E-state index contributed by atoms with van der Waals surface area (Å²) in [6, 6.07) is 22.9. The lowest BCUT2D eigenvalue weighted by molar-refractivity contribution is 0.102. The monoisotopic (exact) mass is 386 g/mol. The summed E-state index contributed by atoms with van der Waals surface area (Å²) >= 11 is 6.01. The Bertz CT molecular complexity index is 1180. The summed E-state index contributed by atoms with van der Waals surface area (Å²) in [6.07, 6.45) is 0. The summed E-state index contributed by atoms with van der Waals surface area (Å²) in [4.78, 5) is 17.8. The number of nitrogens with zero attached hydrogens (tertiary/aromatic N) is 1. The van der Waals surface area contributed by atoms with Gasteiger partial charge in [0.2, 0.25) is 0 Å². The third-order valence-corrected chi connectivity index (χ3v) is 5.12. The molecule has 0 fully saturated rings. The highest BCUT2D eigenvalue weighted by Crippen LogP contribution is 2.27. The van der Waals surface area contributed by atoms with Crippen LogP contribution in [0.3, 0.4) is 0 Å². The summed E-state index contributed by atoms with van der Waals surface area (Å²) in [5.74, 6) is -0.155. The third kappa shape index (κ3) is 3.62. The summed E-state index contributed by atoms with van der Waals surface area (Å²) in [7, 11) is 0. The Hall–Kier alpha value is -3.17. The zero-order valence-corrected chi connectivity index (χ0v) is 16.4. The fourth-order valence-electron chi connectivity index (χ4n) is 3.15. The Kier molecular flexibility index (Phi) is 4.84. The maximum absolute atomic E-state index is 13.1. The Morgan fingerprint density at radius 3 is 2.39 bits per heavy atom. The molecule has 4 aromatic rings. The Morgan fingerprint density at radius 2 is 1.64 bits per heavy atom. The normalized spacial score (nSPS) is 10.8. The van der Waals surface area contributed by atoms with E-state index >= 15 is 0 Å². The second kappa shape index (κ2) is 7.45. The zero-order valence-electron chi connectivity index (χ0n) is 15.7. The number of halogens is 1. The van der Waals surface area contributed by atoms with Gasteiger partial charge in [0.15, 0.2) is 0 Å². The van der Waals surface area contributed by atoms with Crippen molar-refractivity contribution >= 4 is 34.1 Å². The van der Waals surface area contributed by atoms with Crippen LogP contribution in [0.5, 0.6) is 0 Å². The van der Waals surface area contributed by atoms with E-state index in [9.17, 15) is 4.79 Å². The molecule has 0 saturated heterocycles. The molecule has 1 heterocycles. The van der Waals surface area contributed by atoms with Crippen molar-refractivity contribution < 1.29 is 4.79 Å². The molecule has 3 nitrogen and oxygen atoms in total. The van der Waals surface area contributed by atoms with Crippen LogP contribution in [0.1, 0.15) is 21.5 Å². The summed E-state index contributed by atoms with van der Waals surface area (Å²) in [6.45, 7) is 4.08. The molecule has 0 aliphatic carbocycles. The number of anilines is 1. The van der Waals surface area contributed by atoms with E-state index in [0.717, 1.165) is 33.4 Å². The number of para-hydroxylation sites is 1. The van der Waals surface area contributed by atoms with Crippen molar-refractivity contribution in [3.05, 3.63) is 94.5 Å². The van der Waals surface area contributed by atoms with Crippen molar-refractivity contribution in [2.45, 2.75) is 13.8 Å². The molecule has 0 spiro atoms. The summed E-state index contributed by atoms with van der Waals surface area (Å²) in [5.41, 5.74) is 6.13. The molecule has 138 valence electrons. The van der Waals surface area contributed by atoms with Crippen molar-refractivity contribution in [1.29, 1.82) is 0 Å². The number of nitrogens with one attached hydrogen (secondary N) is 1. The van der Waals surface area contributed by atoms with Crippen molar-refractivity contribution in [3.8, 4) is 11.3 Å². The molecule has 0 saturated carbocycles. The topological polar surface area (TPSA) is 42.0 Å². The van der Waals surface area contributed by atoms with Crippen LogP contribution in [0.2, 0.25) is 5.02 Å². The maximum atomic E-state index is 13.1. The Morgan fingerprint density at radius 1 is 0.893 bits per heavy atom. The number of rotatable bonds is 3. The number of benzene rings is 3. The third-order valence-electron chi connectivity index (χ3n) is 4.87. The van der Waals surface area contributed by atoms with Gasteiger partial charge in [-0.25, -0.2) is 4.98 Å². The number of hydrogen-bond acceptors (Lipinski definition) is 2. The van der Waals surface area contributed by atoms with E-state index < -0.39 is 0 Å². The van der Waals surface area contributed by atoms with Gasteiger partial charge in [-0.3, -0.25) is 4.79 Å². The van der Waals surface area contributed by atoms with E-state index in [2.05, 4.69) is 12.2 Å². The van der Waals surface area contributed by atoms with Crippen LogP contribution in [-0.4, -0.2) is 10.9 Å². The van der Waals surface area contributed by atoms with Gasteiger partial charge in [0.25, 0.3) is 5.91 Å². The van der Waals surface area contributed by atoms with Crippen LogP contribution in [0, 0.1) is 13.8 Å². The van der Waals surface area contributed by atoms with Gasteiger partial charge in [-0.2, -0.15) is 0 Å². The second-order valence-corrected chi connectivity index (χ2v) is 7.27. The van der Waals surface area contributed by atoms with Crippen molar-refractivity contribution in [3.63, 3.8) is 0 Å². The van der Waals surface area contributed by atoms with Crippen molar-refractivity contribution in [1.82, 2.24) is 4.98 Å². The van der Waals surface area contributed by atoms with E-state index in [-0.39, 0.29) is 5.91 Å². The number of amides is 1. The highest BCUT2D eigenvalue weighted by molar-refractivity contribution is 6.30.